The summed E-state index contributed by atoms with van der Waals surface area (Å²) in [7, 11) is 0. The van der Waals surface area contributed by atoms with Crippen molar-refractivity contribution in [3.63, 3.8) is 0 Å². The number of hydrogen-bond acceptors (Lipinski definition) is 2. The zero-order chi connectivity index (χ0) is 16.1. The molecule has 1 N–H and O–H groups in total. The summed E-state index contributed by atoms with van der Waals surface area (Å²) >= 11 is 0. The molecule has 0 amide bonds. The zero-order valence-electron chi connectivity index (χ0n) is 12.5. The van der Waals surface area contributed by atoms with Crippen molar-refractivity contribution in [2.45, 2.75) is 0 Å². The van der Waals surface area contributed by atoms with E-state index < -0.39 is 0 Å². The maximum absolute atomic E-state index is 10.6. The number of rotatable bonds is 1. The van der Waals surface area contributed by atoms with Gasteiger partial charge in [0.2, 0.25) is 0 Å². The number of fused-ring (bicyclic) bond motifs is 2. The molecular weight excluding hydrogens is 284 g/mol. The molecule has 0 aliphatic heterocycles. The fraction of sp³-hybridized carbons (Fsp3) is 0. The molecule has 4 aromatic carbocycles. The number of phenols is 1. The van der Waals surface area contributed by atoms with Crippen LogP contribution in [0.15, 0.2) is 84.9 Å². The molecule has 0 saturated carbocycles. The van der Waals surface area contributed by atoms with Crippen molar-refractivity contribution in [2.75, 3.05) is 0 Å². The smallest absolute Gasteiger partial charge is 0.150 e. The lowest BCUT2D eigenvalue weighted by molar-refractivity contribution is 0.112. The van der Waals surface area contributed by atoms with Gasteiger partial charge in [0.15, 0.2) is 6.29 Å². The van der Waals surface area contributed by atoms with E-state index in [9.17, 15) is 9.90 Å². The van der Waals surface area contributed by atoms with Gasteiger partial charge in [-0.3, -0.25) is 4.79 Å². The van der Waals surface area contributed by atoms with Gasteiger partial charge in [-0.2, -0.15) is 0 Å². The fourth-order valence-electron chi connectivity index (χ4n) is 2.56. The standard InChI is InChI=1S/C11H8O.C10H8O/c12-8-10-6-3-5-9-4-1-2-7-11(9)10;11-10-7-3-5-8-4-1-2-6-9(8)10/h1-8H;1-7,11H. The van der Waals surface area contributed by atoms with E-state index in [1.165, 1.54) is 0 Å². The maximum atomic E-state index is 10.6. The summed E-state index contributed by atoms with van der Waals surface area (Å²) in [4.78, 5) is 10.6. The number of aldehydes is 1. The van der Waals surface area contributed by atoms with E-state index in [-0.39, 0.29) is 0 Å². The Labute approximate surface area is 134 Å². The Balaban J connectivity index is 0.000000136. The second-order valence-electron chi connectivity index (χ2n) is 5.18. The molecule has 0 aliphatic rings. The molecule has 0 aliphatic carbocycles. The number of phenolic OH excluding ortho intramolecular Hbond substituents is 1. The zero-order valence-corrected chi connectivity index (χ0v) is 12.5. The first kappa shape index (κ1) is 14.8. The average molecular weight is 300 g/mol. The van der Waals surface area contributed by atoms with Crippen LogP contribution in [-0.4, -0.2) is 11.4 Å². The topological polar surface area (TPSA) is 37.3 Å². The lowest BCUT2D eigenvalue weighted by Gasteiger charge is -1.98. The number of hydrogen-bond donors (Lipinski definition) is 1. The minimum absolute atomic E-state index is 0.350. The van der Waals surface area contributed by atoms with Gasteiger partial charge in [0, 0.05) is 10.9 Å². The van der Waals surface area contributed by atoms with E-state index in [2.05, 4.69) is 0 Å². The number of carbonyl (C=O) groups is 1. The molecule has 23 heavy (non-hydrogen) atoms. The summed E-state index contributed by atoms with van der Waals surface area (Å²) in [6.45, 7) is 0. The molecule has 0 spiro atoms. The van der Waals surface area contributed by atoms with Crippen LogP contribution in [0.1, 0.15) is 10.4 Å². The summed E-state index contributed by atoms with van der Waals surface area (Å²) in [5.41, 5.74) is 0.758. The van der Waals surface area contributed by atoms with Gasteiger partial charge in [0.1, 0.15) is 5.75 Å². The van der Waals surface area contributed by atoms with Crippen molar-refractivity contribution >= 4 is 27.8 Å². The first-order valence-electron chi connectivity index (χ1n) is 7.39. The van der Waals surface area contributed by atoms with Gasteiger partial charge in [0.25, 0.3) is 0 Å². The van der Waals surface area contributed by atoms with E-state index in [0.717, 1.165) is 33.4 Å². The van der Waals surface area contributed by atoms with Crippen molar-refractivity contribution in [3.8, 4) is 5.75 Å². The first-order chi connectivity index (χ1) is 11.3. The van der Waals surface area contributed by atoms with Crippen molar-refractivity contribution in [2.24, 2.45) is 0 Å². The summed E-state index contributed by atoms with van der Waals surface area (Å²) in [6.07, 6.45) is 0.891. The largest absolute Gasteiger partial charge is 0.507 e. The molecule has 0 aromatic heterocycles. The molecule has 0 radical (unpaired) electrons. The minimum atomic E-state index is 0.350. The van der Waals surface area contributed by atoms with Crippen molar-refractivity contribution < 1.29 is 9.90 Å². The molecule has 112 valence electrons. The highest BCUT2D eigenvalue weighted by molar-refractivity contribution is 5.97. The van der Waals surface area contributed by atoms with Gasteiger partial charge in [0.05, 0.1) is 0 Å². The van der Waals surface area contributed by atoms with Crippen molar-refractivity contribution in [3.05, 3.63) is 90.5 Å². The van der Waals surface area contributed by atoms with Crippen LogP contribution >= 0.6 is 0 Å². The molecule has 0 unspecified atom stereocenters. The molecule has 0 fully saturated rings. The first-order valence-corrected chi connectivity index (χ1v) is 7.39. The van der Waals surface area contributed by atoms with Crippen molar-refractivity contribution in [1.29, 1.82) is 0 Å². The predicted octanol–water partition coefficient (Wildman–Crippen LogP) is 5.20. The molecule has 4 aromatic rings. The summed E-state index contributed by atoms with van der Waals surface area (Å²) < 4.78 is 0. The molecule has 2 nitrogen and oxygen atoms in total. The van der Waals surface area contributed by atoms with Gasteiger partial charge in [-0.1, -0.05) is 78.9 Å². The average Bonchev–Trinajstić information content (AvgIpc) is 2.62. The third kappa shape index (κ3) is 3.22. The molecule has 0 bridgehead atoms. The van der Waals surface area contributed by atoms with Crippen LogP contribution in [0.4, 0.5) is 0 Å². The number of benzene rings is 4. The van der Waals surface area contributed by atoms with E-state index in [1.54, 1.807) is 6.07 Å². The lowest BCUT2D eigenvalue weighted by Crippen LogP contribution is -1.81. The van der Waals surface area contributed by atoms with Gasteiger partial charge in [-0.25, -0.2) is 0 Å². The third-order valence-corrected chi connectivity index (χ3v) is 3.72. The Kier molecular flexibility index (Phi) is 4.34. The molecule has 0 heterocycles. The van der Waals surface area contributed by atoms with Gasteiger partial charge < -0.3 is 5.11 Å². The predicted molar refractivity (Wildman–Crippen MR) is 94.9 cm³/mol. The molecule has 0 saturated heterocycles. The fourth-order valence-corrected chi connectivity index (χ4v) is 2.56. The second kappa shape index (κ2) is 6.75. The Morgan fingerprint density at radius 2 is 1.13 bits per heavy atom. The molecule has 0 atom stereocenters. The SMILES string of the molecule is O=Cc1cccc2ccccc12.Oc1cccc2ccccc12. The van der Waals surface area contributed by atoms with Crippen LogP contribution in [0.3, 0.4) is 0 Å². The Morgan fingerprint density at radius 1 is 0.609 bits per heavy atom. The summed E-state index contributed by atoms with van der Waals surface area (Å²) in [5, 5.41) is 13.5. The van der Waals surface area contributed by atoms with Gasteiger partial charge >= 0.3 is 0 Å². The third-order valence-electron chi connectivity index (χ3n) is 3.72. The van der Waals surface area contributed by atoms with Gasteiger partial charge in [-0.15, -0.1) is 0 Å². The normalized spacial score (nSPS) is 10.1. The van der Waals surface area contributed by atoms with Crippen molar-refractivity contribution in [1.82, 2.24) is 0 Å². The summed E-state index contributed by atoms with van der Waals surface area (Å²) in [5.74, 6) is 0.350. The van der Waals surface area contributed by atoms with Crippen LogP contribution in [0, 0.1) is 0 Å². The van der Waals surface area contributed by atoms with E-state index in [4.69, 9.17) is 0 Å². The molecular formula is C21H16O2. The molecule has 2 heteroatoms. The highest BCUT2D eigenvalue weighted by Gasteiger charge is 1.96. The highest BCUT2D eigenvalue weighted by atomic mass is 16.3. The lowest BCUT2D eigenvalue weighted by atomic mass is 10.1. The quantitative estimate of drug-likeness (QED) is 0.491. The van der Waals surface area contributed by atoms with Gasteiger partial charge in [-0.05, 0) is 22.2 Å². The van der Waals surface area contributed by atoms with Crippen LogP contribution < -0.4 is 0 Å². The van der Waals surface area contributed by atoms with E-state index in [1.807, 2.05) is 78.9 Å². The minimum Gasteiger partial charge on any atom is -0.507 e. The molecule has 4 rings (SSSR count). The Hall–Kier alpha value is -3.13. The number of aromatic hydroxyl groups is 1. The Morgan fingerprint density at radius 3 is 1.78 bits per heavy atom. The van der Waals surface area contributed by atoms with E-state index in [0.29, 0.717) is 5.75 Å². The monoisotopic (exact) mass is 300 g/mol. The Bertz CT molecular complexity index is 947. The van der Waals surface area contributed by atoms with Crippen LogP contribution in [0.2, 0.25) is 0 Å². The second-order valence-corrected chi connectivity index (χ2v) is 5.18. The number of carbonyl (C=O) groups excluding carboxylic acids is 1. The highest BCUT2D eigenvalue weighted by Crippen LogP contribution is 2.23. The van der Waals surface area contributed by atoms with Crippen LogP contribution in [-0.2, 0) is 0 Å². The van der Waals surface area contributed by atoms with Crippen LogP contribution in [0.5, 0.6) is 5.75 Å². The maximum Gasteiger partial charge on any atom is 0.150 e. The van der Waals surface area contributed by atoms with Crippen LogP contribution in [0.25, 0.3) is 21.5 Å². The summed E-state index contributed by atoms with van der Waals surface area (Å²) in [6, 6.07) is 26.9. The van der Waals surface area contributed by atoms with E-state index >= 15 is 0 Å².